The van der Waals surface area contributed by atoms with Gasteiger partial charge in [-0.2, -0.15) is 0 Å². The highest BCUT2D eigenvalue weighted by molar-refractivity contribution is 5.88. The summed E-state index contributed by atoms with van der Waals surface area (Å²) in [7, 11) is 1.67. The molecule has 0 bridgehead atoms. The quantitative estimate of drug-likeness (QED) is 0.671. The third kappa shape index (κ3) is 1.82. The minimum Gasteiger partial charge on any atom is -0.494 e. The molecule has 0 fully saturated rings. The van der Waals surface area contributed by atoms with Crippen molar-refractivity contribution in [2.45, 2.75) is 0 Å². The second-order valence-electron chi connectivity index (χ2n) is 4.14. The Balaban J connectivity index is 2.19. The zero-order chi connectivity index (χ0) is 12.4. The molecule has 1 aromatic heterocycles. The van der Waals surface area contributed by atoms with E-state index in [-0.39, 0.29) is 0 Å². The van der Waals surface area contributed by atoms with Crippen LogP contribution in [0.5, 0.6) is 5.75 Å². The lowest BCUT2D eigenvalue weighted by molar-refractivity contribution is 0.414. The molecule has 0 aliphatic carbocycles. The third-order valence-electron chi connectivity index (χ3n) is 3.06. The van der Waals surface area contributed by atoms with Crippen LogP contribution in [0.1, 0.15) is 0 Å². The molecule has 1 heterocycles. The van der Waals surface area contributed by atoms with Gasteiger partial charge in [-0.1, -0.05) is 36.4 Å². The van der Waals surface area contributed by atoms with Crippen molar-refractivity contribution in [3.8, 4) is 16.9 Å². The van der Waals surface area contributed by atoms with Gasteiger partial charge in [0.15, 0.2) is 0 Å². The fourth-order valence-electron chi connectivity index (χ4n) is 2.14. The van der Waals surface area contributed by atoms with E-state index in [0.29, 0.717) is 0 Å². The Labute approximate surface area is 106 Å². The number of hydrogen-bond donors (Lipinski definition) is 0. The predicted molar refractivity (Wildman–Crippen MR) is 73.7 cm³/mol. The Bertz CT molecular complexity index is 691. The van der Waals surface area contributed by atoms with E-state index in [0.717, 1.165) is 16.9 Å². The van der Waals surface area contributed by atoms with Gasteiger partial charge < -0.3 is 4.74 Å². The van der Waals surface area contributed by atoms with Crippen LogP contribution in [0.25, 0.3) is 21.9 Å². The summed E-state index contributed by atoms with van der Waals surface area (Å²) in [5.41, 5.74) is 2.21. The minimum atomic E-state index is 0.799. The molecule has 0 N–H and O–H groups in total. The number of nitrogens with zero attached hydrogens (tertiary/aromatic N) is 1. The Kier molecular flexibility index (Phi) is 2.69. The molecule has 2 aromatic carbocycles. The van der Waals surface area contributed by atoms with E-state index < -0.39 is 0 Å². The molecule has 3 rings (SSSR count). The standard InChI is InChI=1S/C16H13NO/c1-18-16-11-17-9-8-15(16)14-7-6-12-4-2-3-5-13(12)10-14/h2-11H,1H3. The normalized spacial score (nSPS) is 10.5. The van der Waals surface area contributed by atoms with Gasteiger partial charge in [-0.3, -0.25) is 4.98 Å². The summed E-state index contributed by atoms with van der Waals surface area (Å²) >= 11 is 0. The van der Waals surface area contributed by atoms with Gasteiger partial charge in [0.1, 0.15) is 5.75 Å². The van der Waals surface area contributed by atoms with Gasteiger partial charge in [-0.05, 0) is 28.5 Å². The van der Waals surface area contributed by atoms with Crippen LogP contribution in [-0.2, 0) is 0 Å². The molecule has 0 amide bonds. The maximum Gasteiger partial charge on any atom is 0.144 e. The lowest BCUT2D eigenvalue weighted by atomic mass is 10.0. The maximum atomic E-state index is 5.35. The highest BCUT2D eigenvalue weighted by Crippen LogP contribution is 2.30. The number of methoxy groups -OCH3 is 1. The van der Waals surface area contributed by atoms with E-state index in [4.69, 9.17) is 4.74 Å². The second kappa shape index (κ2) is 4.49. The summed E-state index contributed by atoms with van der Waals surface area (Å²) in [4.78, 5) is 4.08. The fraction of sp³-hybridized carbons (Fsp3) is 0.0625. The Morgan fingerprint density at radius 2 is 1.78 bits per heavy atom. The van der Waals surface area contributed by atoms with Crippen LogP contribution in [0, 0.1) is 0 Å². The maximum absolute atomic E-state index is 5.35. The summed E-state index contributed by atoms with van der Waals surface area (Å²) in [6, 6.07) is 16.7. The van der Waals surface area contributed by atoms with Gasteiger partial charge in [0.2, 0.25) is 0 Å². The van der Waals surface area contributed by atoms with Gasteiger partial charge >= 0.3 is 0 Å². The molecule has 0 saturated heterocycles. The number of ether oxygens (including phenoxy) is 1. The number of aromatic nitrogens is 1. The highest BCUT2D eigenvalue weighted by Gasteiger charge is 2.05. The molecule has 0 unspecified atom stereocenters. The van der Waals surface area contributed by atoms with Crippen LogP contribution in [-0.4, -0.2) is 12.1 Å². The van der Waals surface area contributed by atoms with Crippen LogP contribution >= 0.6 is 0 Å². The van der Waals surface area contributed by atoms with Gasteiger partial charge in [0.05, 0.1) is 13.3 Å². The van der Waals surface area contributed by atoms with Crippen LogP contribution in [0.15, 0.2) is 60.9 Å². The van der Waals surface area contributed by atoms with Crippen molar-refractivity contribution in [1.82, 2.24) is 4.98 Å². The SMILES string of the molecule is COc1cnccc1-c1ccc2ccccc2c1. The van der Waals surface area contributed by atoms with Crippen molar-refractivity contribution in [3.63, 3.8) is 0 Å². The van der Waals surface area contributed by atoms with Gasteiger partial charge in [-0.25, -0.2) is 0 Å². The number of pyridine rings is 1. The van der Waals surface area contributed by atoms with Crippen molar-refractivity contribution in [2.24, 2.45) is 0 Å². The molecule has 0 saturated carbocycles. The lowest BCUT2D eigenvalue weighted by Crippen LogP contribution is -1.88. The minimum absolute atomic E-state index is 0.799. The molecule has 0 aliphatic rings. The molecule has 88 valence electrons. The van der Waals surface area contributed by atoms with E-state index in [1.807, 2.05) is 6.07 Å². The van der Waals surface area contributed by atoms with Crippen molar-refractivity contribution in [2.75, 3.05) is 7.11 Å². The van der Waals surface area contributed by atoms with Gasteiger partial charge in [0, 0.05) is 11.8 Å². The summed E-state index contributed by atoms with van der Waals surface area (Å²) in [6.07, 6.45) is 3.53. The molecule has 2 nitrogen and oxygen atoms in total. The molecule has 0 radical (unpaired) electrons. The first-order valence-electron chi connectivity index (χ1n) is 5.85. The Morgan fingerprint density at radius 1 is 0.944 bits per heavy atom. The van der Waals surface area contributed by atoms with Crippen LogP contribution in [0.4, 0.5) is 0 Å². The zero-order valence-electron chi connectivity index (χ0n) is 10.1. The van der Waals surface area contributed by atoms with Gasteiger partial charge in [0.25, 0.3) is 0 Å². The largest absolute Gasteiger partial charge is 0.494 e. The zero-order valence-corrected chi connectivity index (χ0v) is 10.1. The molecule has 0 atom stereocenters. The van der Waals surface area contributed by atoms with Crippen molar-refractivity contribution in [1.29, 1.82) is 0 Å². The monoisotopic (exact) mass is 235 g/mol. The van der Waals surface area contributed by atoms with E-state index >= 15 is 0 Å². The lowest BCUT2D eigenvalue weighted by Gasteiger charge is -2.08. The van der Waals surface area contributed by atoms with Crippen LogP contribution < -0.4 is 4.74 Å². The predicted octanol–water partition coefficient (Wildman–Crippen LogP) is 3.91. The number of rotatable bonds is 2. The van der Waals surface area contributed by atoms with E-state index in [1.165, 1.54) is 10.8 Å². The molecule has 18 heavy (non-hydrogen) atoms. The number of hydrogen-bond acceptors (Lipinski definition) is 2. The average Bonchev–Trinajstić information content (AvgIpc) is 2.46. The molecule has 3 aromatic rings. The van der Waals surface area contributed by atoms with Crippen molar-refractivity contribution < 1.29 is 4.74 Å². The van der Waals surface area contributed by atoms with E-state index in [9.17, 15) is 0 Å². The van der Waals surface area contributed by atoms with Gasteiger partial charge in [-0.15, -0.1) is 0 Å². The van der Waals surface area contributed by atoms with E-state index in [2.05, 4.69) is 47.4 Å². The fourth-order valence-corrected chi connectivity index (χ4v) is 2.14. The van der Waals surface area contributed by atoms with Crippen molar-refractivity contribution in [3.05, 3.63) is 60.9 Å². The Hall–Kier alpha value is -2.35. The average molecular weight is 235 g/mol. The van der Waals surface area contributed by atoms with Crippen LogP contribution in [0.2, 0.25) is 0 Å². The molecular formula is C16H13NO. The van der Waals surface area contributed by atoms with Crippen molar-refractivity contribution >= 4 is 10.8 Å². The first-order chi connectivity index (χ1) is 8.88. The highest BCUT2D eigenvalue weighted by atomic mass is 16.5. The number of benzene rings is 2. The third-order valence-corrected chi connectivity index (χ3v) is 3.06. The molecule has 2 heteroatoms. The number of fused-ring (bicyclic) bond motifs is 1. The molecular weight excluding hydrogens is 222 g/mol. The topological polar surface area (TPSA) is 22.1 Å². The summed E-state index contributed by atoms with van der Waals surface area (Å²) in [5.74, 6) is 0.799. The summed E-state index contributed by atoms with van der Waals surface area (Å²) in [5, 5.41) is 2.48. The van der Waals surface area contributed by atoms with Crippen LogP contribution in [0.3, 0.4) is 0 Å². The second-order valence-corrected chi connectivity index (χ2v) is 4.14. The molecule has 0 spiro atoms. The summed E-state index contributed by atoms with van der Waals surface area (Å²) in [6.45, 7) is 0. The Morgan fingerprint density at radius 3 is 2.61 bits per heavy atom. The first-order valence-corrected chi connectivity index (χ1v) is 5.85. The van der Waals surface area contributed by atoms with E-state index in [1.54, 1.807) is 19.5 Å². The molecule has 0 aliphatic heterocycles. The summed E-state index contributed by atoms with van der Waals surface area (Å²) < 4.78 is 5.35. The first kappa shape index (κ1) is 10.8. The smallest absolute Gasteiger partial charge is 0.144 e.